The molecular formula is C24H30N3O2+. The minimum absolute atomic E-state index is 0.134. The Kier molecular flexibility index (Phi) is 5.67. The van der Waals surface area contributed by atoms with Gasteiger partial charge in [0.25, 0.3) is 5.91 Å². The normalized spacial score (nSPS) is 27.1. The molecule has 2 aromatic rings. The van der Waals surface area contributed by atoms with E-state index < -0.39 is 5.54 Å². The van der Waals surface area contributed by atoms with Gasteiger partial charge in [0, 0.05) is 6.42 Å². The maximum atomic E-state index is 13.7. The van der Waals surface area contributed by atoms with Gasteiger partial charge in [-0.25, -0.2) is 9.69 Å². The first-order valence-electron chi connectivity index (χ1n) is 10.7. The summed E-state index contributed by atoms with van der Waals surface area (Å²) in [6.07, 6.45) is 5.09. The summed E-state index contributed by atoms with van der Waals surface area (Å²) in [5, 5.41) is 3.08. The zero-order chi connectivity index (χ0) is 20.3. The lowest BCUT2D eigenvalue weighted by Gasteiger charge is -2.34. The molecule has 2 aliphatic heterocycles. The summed E-state index contributed by atoms with van der Waals surface area (Å²) in [6.45, 7) is 3.67. The van der Waals surface area contributed by atoms with E-state index in [1.807, 2.05) is 60.7 Å². The first-order valence-corrected chi connectivity index (χ1v) is 10.7. The van der Waals surface area contributed by atoms with Crippen LogP contribution in [0.25, 0.3) is 0 Å². The average Bonchev–Trinajstić information content (AvgIpc) is 3.00. The van der Waals surface area contributed by atoms with Crippen LogP contribution in [0.4, 0.5) is 4.79 Å². The number of hydrogen-bond donors (Lipinski definition) is 2. The molecule has 1 unspecified atom stereocenters. The summed E-state index contributed by atoms with van der Waals surface area (Å²) >= 11 is 0. The van der Waals surface area contributed by atoms with Crippen molar-refractivity contribution in [2.24, 2.45) is 0 Å². The molecule has 5 heteroatoms. The van der Waals surface area contributed by atoms with Crippen molar-refractivity contribution in [2.45, 2.75) is 50.6 Å². The van der Waals surface area contributed by atoms with Crippen molar-refractivity contribution in [3.63, 3.8) is 0 Å². The van der Waals surface area contributed by atoms with Crippen molar-refractivity contribution in [3.05, 3.63) is 71.8 Å². The minimum atomic E-state index is -1.05. The average molecular weight is 393 g/mol. The minimum Gasteiger partial charge on any atom is -0.319 e. The number of quaternary nitrogens is 1. The van der Waals surface area contributed by atoms with Crippen LogP contribution in [-0.2, 0) is 16.8 Å². The second kappa shape index (κ2) is 8.37. The van der Waals surface area contributed by atoms with Gasteiger partial charge >= 0.3 is 6.03 Å². The third-order valence-corrected chi connectivity index (χ3v) is 6.49. The summed E-state index contributed by atoms with van der Waals surface area (Å²) in [4.78, 5) is 29.6. The van der Waals surface area contributed by atoms with Crippen LogP contribution in [0.2, 0.25) is 0 Å². The maximum Gasteiger partial charge on any atom is 0.329 e. The lowest BCUT2D eigenvalue weighted by molar-refractivity contribution is -0.937. The third-order valence-electron chi connectivity index (χ3n) is 6.49. The molecule has 0 aliphatic carbocycles. The molecule has 0 radical (unpaired) electrons. The summed E-state index contributed by atoms with van der Waals surface area (Å²) in [5.41, 5.74) is 0.824. The number of hydrogen-bond acceptors (Lipinski definition) is 2. The first-order chi connectivity index (χ1) is 14.1. The van der Waals surface area contributed by atoms with E-state index in [4.69, 9.17) is 0 Å². The predicted molar refractivity (Wildman–Crippen MR) is 112 cm³/mol. The van der Waals surface area contributed by atoms with E-state index in [1.54, 1.807) is 0 Å². The van der Waals surface area contributed by atoms with Gasteiger partial charge in [-0.05, 0) is 36.8 Å². The molecule has 2 heterocycles. The van der Waals surface area contributed by atoms with Crippen LogP contribution in [0.1, 0.15) is 43.7 Å². The lowest BCUT2D eigenvalue weighted by Crippen LogP contribution is -3.18. The monoisotopic (exact) mass is 392 g/mol. The quantitative estimate of drug-likeness (QED) is 0.742. The number of piperidine rings is 1. The Morgan fingerprint density at radius 3 is 2.41 bits per heavy atom. The van der Waals surface area contributed by atoms with Crippen LogP contribution in [0.15, 0.2) is 60.7 Å². The molecule has 0 aromatic heterocycles. The zero-order valence-corrected chi connectivity index (χ0v) is 17.1. The Hall–Kier alpha value is -2.66. The SMILES string of the molecule is CC[C@H]1CCCC[NH+]1CN1C(=O)N[C@](Cc2ccccc2)(c2ccccc2)C1=O. The Morgan fingerprint density at radius 1 is 1.03 bits per heavy atom. The van der Waals surface area contributed by atoms with Crippen molar-refractivity contribution in [1.82, 2.24) is 10.2 Å². The van der Waals surface area contributed by atoms with Gasteiger partial charge in [-0.15, -0.1) is 0 Å². The van der Waals surface area contributed by atoms with E-state index in [9.17, 15) is 9.59 Å². The van der Waals surface area contributed by atoms with Crippen LogP contribution in [0, 0.1) is 0 Å². The number of rotatable bonds is 6. The van der Waals surface area contributed by atoms with Crippen molar-refractivity contribution in [3.8, 4) is 0 Å². The van der Waals surface area contributed by atoms with Crippen molar-refractivity contribution in [2.75, 3.05) is 13.2 Å². The molecule has 3 atom stereocenters. The van der Waals surface area contributed by atoms with Crippen LogP contribution in [0.3, 0.4) is 0 Å². The van der Waals surface area contributed by atoms with Crippen LogP contribution >= 0.6 is 0 Å². The third kappa shape index (κ3) is 3.79. The van der Waals surface area contributed by atoms with Crippen LogP contribution in [0.5, 0.6) is 0 Å². The van der Waals surface area contributed by atoms with E-state index >= 15 is 0 Å². The number of imide groups is 1. The fourth-order valence-corrected chi connectivity index (χ4v) is 4.87. The zero-order valence-electron chi connectivity index (χ0n) is 17.1. The molecule has 2 saturated heterocycles. The Labute approximate surface area is 172 Å². The van der Waals surface area contributed by atoms with Gasteiger partial charge in [-0.2, -0.15) is 0 Å². The Morgan fingerprint density at radius 2 is 1.72 bits per heavy atom. The molecule has 2 N–H and O–H groups in total. The fraction of sp³-hybridized carbons (Fsp3) is 0.417. The summed E-state index contributed by atoms with van der Waals surface area (Å²) in [5.74, 6) is -0.134. The molecule has 0 saturated carbocycles. The smallest absolute Gasteiger partial charge is 0.319 e. The van der Waals surface area contributed by atoms with Gasteiger partial charge in [-0.1, -0.05) is 67.6 Å². The molecule has 0 spiro atoms. The van der Waals surface area contributed by atoms with Crippen molar-refractivity contribution >= 4 is 11.9 Å². The Balaban J connectivity index is 1.65. The Bertz CT molecular complexity index is 855. The summed E-state index contributed by atoms with van der Waals surface area (Å²) < 4.78 is 0. The van der Waals surface area contributed by atoms with Gasteiger partial charge in [0.15, 0.2) is 12.2 Å². The molecule has 29 heavy (non-hydrogen) atoms. The van der Waals surface area contributed by atoms with Gasteiger partial charge in [0.1, 0.15) is 0 Å². The number of carbonyl (C=O) groups is 2. The standard InChI is InChI=1S/C24H29N3O2/c1-2-21-15-9-10-16-26(21)18-27-22(28)24(25-23(27)29,20-13-7-4-8-14-20)17-19-11-5-3-6-12-19/h3-8,11-14,21H,2,9-10,15-18H2,1H3,(H,25,29)/p+1/t21-,24+/m0/s1. The summed E-state index contributed by atoms with van der Waals surface area (Å²) in [7, 11) is 0. The number of carbonyl (C=O) groups excluding carboxylic acids is 2. The van der Waals surface area contributed by atoms with Crippen LogP contribution in [-0.4, -0.2) is 36.1 Å². The fourth-order valence-electron chi connectivity index (χ4n) is 4.87. The molecule has 2 aliphatic rings. The summed E-state index contributed by atoms with van der Waals surface area (Å²) in [6, 6.07) is 19.8. The first kappa shape index (κ1) is 19.6. The van der Waals surface area contributed by atoms with Gasteiger partial charge in [0.05, 0.1) is 12.6 Å². The highest BCUT2D eigenvalue weighted by atomic mass is 16.2. The maximum absolute atomic E-state index is 13.7. The number of nitrogens with one attached hydrogen (secondary N) is 2. The highest BCUT2D eigenvalue weighted by Gasteiger charge is 2.53. The van der Waals surface area contributed by atoms with E-state index in [2.05, 4.69) is 12.2 Å². The molecule has 2 fully saturated rings. The second-order valence-corrected chi connectivity index (χ2v) is 8.26. The molecule has 5 nitrogen and oxygen atoms in total. The van der Waals surface area contributed by atoms with E-state index in [0.29, 0.717) is 19.1 Å². The lowest BCUT2D eigenvalue weighted by atomic mass is 9.83. The van der Waals surface area contributed by atoms with E-state index in [1.165, 1.54) is 22.6 Å². The topological polar surface area (TPSA) is 53.9 Å². The van der Waals surface area contributed by atoms with Crippen molar-refractivity contribution in [1.29, 1.82) is 0 Å². The molecule has 152 valence electrons. The number of amides is 3. The van der Waals surface area contributed by atoms with E-state index in [0.717, 1.165) is 30.5 Å². The number of likely N-dealkylation sites (tertiary alicyclic amines) is 1. The van der Waals surface area contributed by atoms with Gasteiger partial charge in [-0.3, -0.25) is 4.79 Å². The molecule has 0 bridgehead atoms. The van der Waals surface area contributed by atoms with Crippen LogP contribution < -0.4 is 10.2 Å². The largest absolute Gasteiger partial charge is 0.329 e. The van der Waals surface area contributed by atoms with Crippen molar-refractivity contribution < 1.29 is 14.5 Å². The van der Waals surface area contributed by atoms with Gasteiger partial charge < -0.3 is 10.2 Å². The highest BCUT2D eigenvalue weighted by molar-refractivity contribution is 6.07. The molecule has 4 rings (SSSR count). The number of benzene rings is 2. The van der Waals surface area contributed by atoms with Gasteiger partial charge in [0.2, 0.25) is 0 Å². The molecular weight excluding hydrogens is 362 g/mol. The number of nitrogens with zero attached hydrogens (tertiary/aromatic N) is 1. The predicted octanol–water partition coefficient (Wildman–Crippen LogP) is 2.48. The second-order valence-electron chi connectivity index (χ2n) is 8.26. The van der Waals surface area contributed by atoms with E-state index in [-0.39, 0.29) is 11.9 Å². The molecule has 3 amide bonds. The highest BCUT2D eigenvalue weighted by Crippen LogP contribution is 2.32. The molecule has 2 aromatic carbocycles. The number of urea groups is 1.